The highest BCUT2D eigenvalue weighted by Crippen LogP contribution is 2.29. The monoisotopic (exact) mass is 240 g/mol. The van der Waals surface area contributed by atoms with Gasteiger partial charge in [-0.25, -0.2) is 0 Å². The summed E-state index contributed by atoms with van der Waals surface area (Å²) in [6, 6.07) is 0. The highest BCUT2D eigenvalue weighted by atomic mass is 16.3. The molecule has 1 amide bonds. The Balaban J connectivity index is 1.72. The van der Waals surface area contributed by atoms with E-state index in [-0.39, 0.29) is 18.1 Å². The van der Waals surface area contributed by atoms with Crippen molar-refractivity contribution in [2.75, 3.05) is 26.2 Å². The molecule has 2 rings (SSSR count). The molecule has 4 heteroatoms. The van der Waals surface area contributed by atoms with Gasteiger partial charge in [-0.15, -0.1) is 0 Å². The summed E-state index contributed by atoms with van der Waals surface area (Å²) in [6.45, 7) is 3.23. The molecule has 0 atom stereocenters. The lowest BCUT2D eigenvalue weighted by Crippen LogP contribution is -2.49. The van der Waals surface area contributed by atoms with Crippen molar-refractivity contribution in [1.29, 1.82) is 0 Å². The Kier molecular flexibility index (Phi) is 4.40. The number of hydrogen-bond donors (Lipinski definition) is 2. The number of hydrogen-bond acceptors (Lipinski definition) is 3. The van der Waals surface area contributed by atoms with E-state index in [0.717, 1.165) is 45.3 Å². The molecule has 1 heterocycles. The Morgan fingerprint density at radius 2 is 1.82 bits per heavy atom. The number of nitrogens with one attached hydrogen (secondary N) is 1. The molecule has 0 bridgehead atoms. The summed E-state index contributed by atoms with van der Waals surface area (Å²) in [6.07, 6.45) is 7.20. The second kappa shape index (κ2) is 5.83. The van der Waals surface area contributed by atoms with Crippen LogP contribution in [-0.4, -0.2) is 47.7 Å². The average molecular weight is 240 g/mol. The Hall–Kier alpha value is -0.610. The predicted molar refractivity (Wildman–Crippen MR) is 66.7 cm³/mol. The fourth-order valence-corrected chi connectivity index (χ4v) is 3.00. The topological polar surface area (TPSA) is 52.6 Å². The number of likely N-dealkylation sites (tertiary alicyclic amines) is 1. The summed E-state index contributed by atoms with van der Waals surface area (Å²) >= 11 is 0. The van der Waals surface area contributed by atoms with E-state index in [1.54, 1.807) is 0 Å². The van der Waals surface area contributed by atoms with Gasteiger partial charge in [0.05, 0.1) is 12.1 Å². The van der Waals surface area contributed by atoms with E-state index in [2.05, 4.69) is 10.2 Å². The Labute approximate surface area is 103 Å². The van der Waals surface area contributed by atoms with E-state index in [1.807, 2.05) is 0 Å². The summed E-state index contributed by atoms with van der Waals surface area (Å²) in [5.41, 5.74) is -0.303. The maximum atomic E-state index is 11.9. The Morgan fingerprint density at radius 3 is 2.41 bits per heavy atom. The zero-order valence-electron chi connectivity index (χ0n) is 10.6. The number of carbonyl (C=O) groups excluding carboxylic acids is 1. The van der Waals surface area contributed by atoms with Crippen molar-refractivity contribution in [3.05, 3.63) is 0 Å². The normalized spacial score (nSPS) is 24.1. The molecule has 2 fully saturated rings. The van der Waals surface area contributed by atoms with E-state index < -0.39 is 0 Å². The van der Waals surface area contributed by atoms with Gasteiger partial charge in [0.25, 0.3) is 0 Å². The van der Waals surface area contributed by atoms with Crippen LogP contribution in [0.1, 0.15) is 44.9 Å². The summed E-state index contributed by atoms with van der Waals surface area (Å²) in [5, 5.41) is 12.5. The summed E-state index contributed by atoms with van der Waals surface area (Å²) < 4.78 is 0. The van der Waals surface area contributed by atoms with E-state index in [1.165, 1.54) is 12.8 Å². The SMILES string of the molecule is O=C(CCN1CCCC1)NC1(CO)CCCC1. The van der Waals surface area contributed by atoms with Crippen molar-refractivity contribution in [2.45, 2.75) is 50.5 Å². The Morgan fingerprint density at radius 1 is 1.18 bits per heavy atom. The maximum Gasteiger partial charge on any atom is 0.221 e. The third-order valence-electron chi connectivity index (χ3n) is 4.12. The van der Waals surface area contributed by atoms with Crippen LogP contribution in [0.25, 0.3) is 0 Å². The number of rotatable bonds is 5. The molecule has 0 aromatic carbocycles. The van der Waals surface area contributed by atoms with Crippen LogP contribution in [-0.2, 0) is 4.79 Å². The number of amides is 1. The first-order valence-corrected chi connectivity index (χ1v) is 6.88. The lowest BCUT2D eigenvalue weighted by molar-refractivity contribution is -0.123. The molecule has 0 unspecified atom stereocenters. The zero-order chi connectivity index (χ0) is 12.1. The van der Waals surface area contributed by atoms with Crippen LogP contribution in [0.3, 0.4) is 0 Å². The standard InChI is InChI=1S/C13H24N2O2/c16-11-13(6-1-2-7-13)14-12(17)5-10-15-8-3-4-9-15/h16H,1-11H2,(H,14,17). The molecule has 1 aliphatic carbocycles. The van der Waals surface area contributed by atoms with Crippen molar-refractivity contribution in [1.82, 2.24) is 10.2 Å². The van der Waals surface area contributed by atoms with Gasteiger partial charge in [-0.2, -0.15) is 0 Å². The van der Waals surface area contributed by atoms with Crippen LogP contribution in [0.5, 0.6) is 0 Å². The minimum atomic E-state index is -0.303. The molecular formula is C13H24N2O2. The van der Waals surface area contributed by atoms with Crippen molar-refractivity contribution in [2.24, 2.45) is 0 Å². The lowest BCUT2D eigenvalue weighted by Gasteiger charge is -2.28. The highest BCUT2D eigenvalue weighted by molar-refractivity contribution is 5.77. The van der Waals surface area contributed by atoms with E-state index in [4.69, 9.17) is 0 Å². The van der Waals surface area contributed by atoms with Crippen LogP contribution in [0.15, 0.2) is 0 Å². The van der Waals surface area contributed by atoms with Crippen LogP contribution < -0.4 is 5.32 Å². The minimum absolute atomic E-state index is 0.0858. The molecule has 2 aliphatic rings. The maximum absolute atomic E-state index is 11.9. The third-order valence-corrected chi connectivity index (χ3v) is 4.12. The van der Waals surface area contributed by atoms with Crippen molar-refractivity contribution in [3.8, 4) is 0 Å². The molecule has 1 saturated carbocycles. The summed E-state index contributed by atoms with van der Waals surface area (Å²) in [7, 11) is 0. The van der Waals surface area contributed by atoms with Crippen molar-refractivity contribution < 1.29 is 9.90 Å². The van der Waals surface area contributed by atoms with Gasteiger partial charge >= 0.3 is 0 Å². The average Bonchev–Trinajstić information content (AvgIpc) is 2.98. The molecule has 1 saturated heterocycles. The fraction of sp³-hybridized carbons (Fsp3) is 0.923. The van der Waals surface area contributed by atoms with Crippen molar-refractivity contribution >= 4 is 5.91 Å². The lowest BCUT2D eigenvalue weighted by atomic mass is 9.99. The molecule has 2 N–H and O–H groups in total. The predicted octanol–water partition coefficient (Wildman–Crippen LogP) is 0.894. The van der Waals surface area contributed by atoms with Gasteiger partial charge in [-0.05, 0) is 38.8 Å². The molecule has 98 valence electrons. The van der Waals surface area contributed by atoms with Crippen LogP contribution in [0, 0.1) is 0 Å². The second-order valence-corrected chi connectivity index (χ2v) is 5.49. The Bertz CT molecular complexity index is 256. The summed E-state index contributed by atoms with van der Waals surface area (Å²) in [5.74, 6) is 0.104. The molecular weight excluding hydrogens is 216 g/mol. The third kappa shape index (κ3) is 3.42. The van der Waals surface area contributed by atoms with Crippen LogP contribution in [0.4, 0.5) is 0 Å². The van der Waals surface area contributed by atoms with E-state index in [0.29, 0.717) is 6.42 Å². The quantitative estimate of drug-likeness (QED) is 0.750. The molecule has 4 nitrogen and oxygen atoms in total. The first kappa shape index (κ1) is 12.8. The van der Waals surface area contributed by atoms with Gasteiger partial charge in [0.1, 0.15) is 0 Å². The molecule has 0 spiro atoms. The van der Waals surface area contributed by atoms with Gasteiger partial charge in [0.2, 0.25) is 5.91 Å². The van der Waals surface area contributed by atoms with Crippen LogP contribution in [0.2, 0.25) is 0 Å². The number of carbonyl (C=O) groups is 1. The van der Waals surface area contributed by atoms with E-state index in [9.17, 15) is 9.90 Å². The van der Waals surface area contributed by atoms with Gasteiger partial charge in [0, 0.05) is 13.0 Å². The molecule has 1 aliphatic heterocycles. The number of aliphatic hydroxyl groups excluding tert-OH is 1. The van der Waals surface area contributed by atoms with Crippen LogP contribution >= 0.6 is 0 Å². The molecule has 17 heavy (non-hydrogen) atoms. The first-order chi connectivity index (χ1) is 8.24. The fourth-order valence-electron chi connectivity index (χ4n) is 3.00. The minimum Gasteiger partial charge on any atom is -0.394 e. The van der Waals surface area contributed by atoms with Crippen molar-refractivity contribution in [3.63, 3.8) is 0 Å². The molecule has 0 aromatic heterocycles. The molecule has 0 radical (unpaired) electrons. The zero-order valence-corrected chi connectivity index (χ0v) is 10.6. The van der Waals surface area contributed by atoms with Gasteiger partial charge in [-0.1, -0.05) is 12.8 Å². The highest BCUT2D eigenvalue weighted by Gasteiger charge is 2.34. The second-order valence-electron chi connectivity index (χ2n) is 5.49. The van der Waals surface area contributed by atoms with Gasteiger partial charge in [-0.3, -0.25) is 4.79 Å². The first-order valence-electron chi connectivity index (χ1n) is 6.88. The number of nitrogens with zero attached hydrogens (tertiary/aromatic N) is 1. The van der Waals surface area contributed by atoms with E-state index >= 15 is 0 Å². The largest absolute Gasteiger partial charge is 0.394 e. The van der Waals surface area contributed by atoms with Gasteiger partial charge in [0.15, 0.2) is 0 Å². The number of aliphatic hydroxyl groups is 1. The smallest absolute Gasteiger partial charge is 0.221 e. The molecule has 0 aromatic rings. The summed E-state index contributed by atoms with van der Waals surface area (Å²) in [4.78, 5) is 14.2. The van der Waals surface area contributed by atoms with Gasteiger partial charge < -0.3 is 15.3 Å².